The lowest BCUT2D eigenvalue weighted by molar-refractivity contribution is -0.132. The third-order valence-electron chi connectivity index (χ3n) is 3.57. The van der Waals surface area contributed by atoms with E-state index in [9.17, 15) is 4.79 Å². The van der Waals surface area contributed by atoms with Gasteiger partial charge in [0.25, 0.3) is 0 Å². The van der Waals surface area contributed by atoms with E-state index in [0.717, 1.165) is 27.1 Å². The minimum atomic E-state index is -0.948. The van der Waals surface area contributed by atoms with Crippen LogP contribution in [0.2, 0.25) is 0 Å². The first-order chi connectivity index (χ1) is 10.2. The van der Waals surface area contributed by atoms with Gasteiger partial charge >= 0.3 is 5.97 Å². The number of fused-ring (bicyclic) bond motifs is 2. The Morgan fingerprint density at radius 2 is 1.52 bits per heavy atom. The first-order valence-electron chi connectivity index (χ1n) is 6.74. The third kappa shape index (κ3) is 2.45. The largest absolute Gasteiger partial charge is 0.477 e. The molecule has 2 heteroatoms. The van der Waals surface area contributed by atoms with Crippen LogP contribution in [0.25, 0.3) is 27.6 Å². The lowest BCUT2D eigenvalue weighted by Crippen LogP contribution is -1.93. The fourth-order valence-electron chi connectivity index (χ4n) is 2.45. The molecule has 102 valence electrons. The van der Waals surface area contributed by atoms with Crippen molar-refractivity contribution in [1.82, 2.24) is 0 Å². The highest BCUT2D eigenvalue weighted by Gasteiger charge is 2.05. The van der Waals surface area contributed by atoms with Gasteiger partial charge in [0.1, 0.15) is 0 Å². The van der Waals surface area contributed by atoms with Crippen LogP contribution in [0.3, 0.4) is 0 Å². The number of carboxylic acids is 1. The first kappa shape index (κ1) is 13.2. The van der Waals surface area contributed by atoms with Crippen molar-refractivity contribution in [2.75, 3.05) is 0 Å². The van der Waals surface area contributed by atoms with Gasteiger partial charge in [0, 0.05) is 0 Å². The second kappa shape index (κ2) is 5.28. The summed E-state index contributed by atoms with van der Waals surface area (Å²) in [6.07, 6.45) is 1.77. The quantitative estimate of drug-likeness (QED) is 0.420. The Balaban J connectivity index is 2.41. The summed E-state index contributed by atoms with van der Waals surface area (Å²) in [5.41, 5.74) is 4.08. The summed E-state index contributed by atoms with van der Waals surface area (Å²) in [6, 6.07) is 18.3. The van der Waals surface area contributed by atoms with Gasteiger partial charge in [0.2, 0.25) is 0 Å². The number of hydrogen-bond acceptors (Lipinski definition) is 1. The second-order valence-electron chi connectivity index (χ2n) is 4.95. The van der Waals surface area contributed by atoms with Crippen LogP contribution in [0.15, 0.2) is 65.9 Å². The molecule has 3 aromatic carbocycles. The lowest BCUT2D eigenvalue weighted by Gasteiger charge is -2.07. The predicted molar refractivity (Wildman–Crippen MR) is 86.3 cm³/mol. The standard InChI is InChI=1S/C19H14O2/c1-13(19(20)21)10-11-18-16-8-4-2-6-14(16)12-15-7-3-5-9-17(15)18/h2-9,11-12H,1H3,(H,20,21). The molecule has 0 radical (unpaired) electrons. The fourth-order valence-corrected chi connectivity index (χ4v) is 2.45. The van der Waals surface area contributed by atoms with Gasteiger partial charge < -0.3 is 5.11 Å². The highest BCUT2D eigenvalue weighted by Crippen LogP contribution is 2.29. The summed E-state index contributed by atoms with van der Waals surface area (Å²) in [7, 11) is 0. The van der Waals surface area contributed by atoms with Crippen molar-refractivity contribution in [1.29, 1.82) is 0 Å². The zero-order chi connectivity index (χ0) is 14.8. The van der Waals surface area contributed by atoms with E-state index in [1.807, 2.05) is 36.4 Å². The maximum atomic E-state index is 10.9. The zero-order valence-corrected chi connectivity index (χ0v) is 11.6. The Morgan fingerprint density at radius 3 is 2.05 bits per heavy atom. The van der Waals surface area contributed by atoms with E-state index in [1.165, 1.54) is 0 Å². The summed E-state index contributed by atoms with van der Waals surface area (Å²) in [5.74, 6) is -0.948. The molecule has 0 aliphatic rings. The highest BCUT2D eigenvalue weighted by atomic mass is 16.4. The van der Waals surface area contributed by atoms with Crippen LogP contribution in [0.4, 0.5) is 0 Å². The molecule has 0 saturated carbocycles. The van der Waals surface area contributed by atoms with Gasteiger partial charge in [0.15, 0.2) is 0 Å². The van der Waals surface area contributed by atoms with Crippen molar-refractivity contribution in [3.63, 3.8) is 0 Å². The van der Waals surface area contributed by atoms with E-state index in [4.69, 9.17) is 5.11 Å². The summed E-state index contributed by atoms with van der Waals surface area (Å²) >= 11 is 0. The van der Waals surface area contributed by atoms with E-state index >= 15 is 0 Å². The van der Waals surface area contributed by atoms with Gasteiger partial charge in [-0.1, -0.05) is 48.5 Å². The molecule has 0 bridgehead atoms. The average Bonchev–Trinajstić information content (AvgIpc) is 2.51. The van der Waals surface area contributed by atoms with Crippen LogP contribution in [0.1, 0.15) is 12.5 Å². The van der Waals surface area contributed by atoms with Crippen LogP contribution < -0.4 is 0 Å². The van der Waals surface area contributed by atoms with Crippen LogP contribution in [0, 0.1) is 0 Å². The second-order valence-corrected chi connectivity index (χ2v) is 4.95. The SMILES string of the molecule is CC(=C=Cc1c2ccccc2cc2ccccc12)C(=O)O. The van der Waals surface area contributed by atoms with Gasteiger partial charge in [0.05, 0.1) is 5.57 Å². The van der Waals surface area contributed by atoms with Gasteiger partial charge in [-0.3, -0.25) is 0 Å². The average molecular weight is 274 g/mol. The van der Waals surface area contributed by atoms with Crippen molar-refractivity contribution >= 4 is 33.6 Å². The van der Waals surface area contributed by atoms with E-state index < -0.39 is 5.97 Å². The summed E-state index contributed by atoms with van der Waals surface area (Å²) in [5, 5.41) is 13.4. The monoisotopic (exact) mass is 274 g/mol. The molecule has 0 spiro atoms. The molecular formula is C19H14O2. The highest BCUT2D eigenvalue weighted by molar-refractivity contribution is 6.06. The molecule has 21 heavy (non-hydrogen) atoms. The molecule has 0 atom stereocenters. The van der Waals surface area contributed by atoms with Crippen molar-refractivity contribution in [3.8, 4) is 0 Å². The van der Waals surface area contributed by atoms with E-state index in [2.05, 4.69) is 23.9 Å². The summed E-state index contributed by atoms with van der Waals surface area (Å²) in [4.78, 5) is 10.9. The van der Waals surface area contributed by atoms with E-state index in [0.29, 0.717) is 0 Å². The Bertz CT molecular complexity index is 859. The number of carbonyl (C=O) groups is 1. The van der Waals surface area contributed by atoms with Crippen LogP contribution >= 0.6 is 0 Å². The molecule has 0 aliphatic carbocycles. The molecule has 0 aliphatic heterocycles. The van der Waals surface area contributed by atoms with E-state index in [1.54, 1.807) is 13.0 Å². The molecular weight excluding hydrogens is 260 g/mol. The Hall–Kier alpha value is -2.83. The normalized spacial score (nSPS) is 10.3. The summed E-state index contributed by atoms with van der Waals surface area (Å²) < 4.78 is 0. The number of aliphatic carboxylic acids is 1. The van der Waals surface area contributed by atoms with Gasteiger partial charge in [-0.25, -0.2) is 4.79 Å². The maximum absolute atomic E-state index is 10.9. The molecule has 0 amide bonds. The predicted octanol–water partition coefficient (Wildman–Crippen LogP) is 4.64. The van der Waals surface area contributed by atoms with E-state index in [-0.39, 0.29) is 5.57 Å². The van der Waals surface area contributed by atoms with Gasteiger partial charge in [-0.2, -0.15) is 0 Å². The molecule has 3 aromatic rings. The number of benzene rings is 3. The van der Waals surface area contributed by atoms with Crippen molar-refractivity contribution in [3.05, 3.63) is 71.5 Å². The minimum absolute atomic E-state index is 0.201. The maximum Gasteiger partial charge on any atom is 0.339 e. The fraction of sp³-hybridized carbons (Fsp3) is 0.0526. The van der Waals surface area contributed by atoms with Crippen molar-refractivity contribution in [2.24, 2.45) is 0 Å². The van der Waals surface area contributed by atoms with Crippen molar-refractivity contribution in [2.45, 2.75) is 6.92 Å². The molecule has 0 fully saturated rings. The van der Waals surface area contributed by atoms with Crippen LogP contribution in [-0.4, -0.2) is 11.1 Å². The smallest absolute Gasteiger partial charge is 0.339 e. The lowest BCUT2D eigenvalue weighted by atomic mass is 9.96. The van der Waals surface area contributed by atoms with Gasteiger partial charge in [-0.15, -0.1) is 5.73 Å². The Morgan fingerprint density at radius 1 is 1.00 bits per heavy atom. The number of rotatable bonds is 2. The minimum Gasteiger partial charge on any atom is -0.477 e. The molecule has 3 rings (SSSR count). The zero-order valence-electron chi connectivity index (χ0n) is 11.6. The molecule has 2 nitrogen and oxygen atoms in total. The Labute approximate surface area is 122 Å². The van der Waals surface area contributed by atoms with Crippen molar-refractivity contribution < 1.29 is 9.90 Å². The summed E-state index contributed by atoms with van der Waals surface area (Å²) in [6.45, 7) is 1.55. The molecule has 0 aromatic heterocycles. The molecule has 1 N–H and O–H groups in total. The topological polar surface area (TPSA) is 37.3 Å². The molecule has 0 unspecified atom stereocenters. The van der Waals surface area contributed by atoms with Gasteiger partial charge in [-0.05, 0) is 46.2 Å². The molecule has 0 heterocycles. The third-order valence-corrected chi connectivity index (χ3v) is 3.57. The number of carboxylic acid groups (broad SMARTS) is 1. The Kier molecular flexibility index (Phi) is 3.31. The van der Waals surface area contributed by atoms with Crippen LogP contribution in [-0.2, 0) is 4.79 Å². The first-order valence-corrected chi connectivity index (χ1v) is 6.74. The number of hydrogen-bond donors (Lipinski definition) is 1. The molecule has 0 saturated heterocycles. The van der Waals surface area contributed by atoms with Crippen LogP contribution in [0.5, 0.6) is 0 Å².